The van der Waals surface area contributed by atoms with Crippen LogP contribution in [0.15, 0.2) is 36.5 Å². The van der Waals surface area contributed by atoms with Crippen LogP contribution in [0.3, 0.4) is 0 Å². The van der Waals surface area contributed by atoms with E-state index >= 15 is 0 Å². The molecule has 0 spiro atoms. The average Bonchev–Trinajstić information content (AvgIpc) is 3.54. The van der Waals surface area contributed by atoms with Gasteiger partial charge in [0.05, 0.1) is 26.9 Å². The van der Waals surface area contributed by atoms with Crippen molar-refractivity contribution < 1.29 is 14.2 Å². The second-order valence-electron chi connectivity index (χ2n) is 6.47. The van der Waals surface area contributed by atoms with Crippen LogP contribution in [0.25, 0.3) is 11.3 Å². The van der Waals surface area contributed by atoms with E-state index in [0.29, 0.717) is 34.9 Å². The summed E-state index contributed by atoms with van der Waals surface area (Å²) in [5.74, 6) is 1.61. The van der Waals surface area contributed by atoms with Crippen LogP contribution in [-0.2, 0) is 0 Å². The molecule has 0 N–H and O–H groups in total. The first-order valence-corrected chi connectivity index (χ1v) is 9.14. The van der Waals surface area contributed by atoms with Crippen LogP contribution in [0.1, 0.15) is 29.4 Å². The highest BCUT2D eigenvalue weighted by Crippen LogP contribution is 2.56. The molecule has 8 heteroatoms. The fraction of sp³-hybridized carbons (Fsp3) is 0.300. The second-order valence-corrected chi connectivity index (χ2v) is 6.91. The zero-order valence-electron chi connectivity index (χ0n) is 15.7. The minimum atomic E-state index is 0.229. The van der Waals surface area contributed by atoms with Crippen molar-refractivity contribution in [1.29, 1.82) is 0 Å². The van der Waals surface area contributed by atoms with Gasteiger partial charge >= 0.3 is 6.01 Å². The Labute approximate surface area is 167 Å². The Hall–Kier alpha value is -2.93. The molecule has 1 saturated carbocycles. The number of halogens is 1. The smallest absolute Gasteiger partial charge is 0.319 e. The normalized spacial score (nSPS) is 17.9. The van der Waals surface area contributed by atoms with Crippen LogP contribution in [0.4, 0.5) is 0 Å². The molecule has 1 aliphatic rings. The highest BCUT2D eigenvalue weighted by molar-refractivity contribution is 6.30. The van der Waals surface area contributed by atoms with E-state index in [2.05, 4.69) is 32.3 Å². The molecule has 144 valence electrons. The van der Waals surface area contributed by atoms with Crippen LogP contribution in [0.2, 0.25) is 5.02 Å². The van der Waals surface area contributed by atoms with E-state index in [-0.39, 0.29) is 6.01 Å². The lowest BCUT2D eigenvalue weighted by Gasteiger charge is -2.11. The second kappa shape index (κ2) is 7.59. The maximum atomic E-state index is 6.01. The minimum absolute atomic E-state index is 0.229. The van der Waals surface area contributed by atoms with Crippen molar-refractivity contribution in [3.05, 3.63) is 52.7 Å². The highest BCUT2D eigenvalue weighted by Gasteiger charge is 2.42. The number of aromatic nitrogens is 4. The topological polar surface area (TPSA) is 79.2 Å². The molecule has 1 fully saturated rings. The number of rotatable bonds is 6. The first-order valence-electron chi connectivity index (χ1n) is 8.77. The van der Waals surface area contributed by atoms with Crippen molar-refractivity contribution in [2.75, 3.05) is 21.3 Å². The number of nitrogens with zero attached hydrogens (tertiary/aromatic N) is 4. The third-order valence-electron chi connectivity index (χ3n) is 4.85. The van der Waals surface area contributed by atoms with Crippen molar-refractivity contribution in [2.24, 2.45) is 0 Å². The zero-order valence-corrected chi connectivity index (χ0v) is 16.5. The average molecular weight is 399 g/mol. The van der Waals surface area contributed by atoms with E-state index in [1.54, 1.807) is 20.4 Å². The van der Waals surface area contributed by atoms with Gasteiger partial charge in [-0.2, -0.15) is 4.98 Å². The predicted octanol–water partition coefficient (Wildman–Crippen LogP) is 3.88. The molecule has 0 amide bonds. The van der Waals surface area contributed by atoms with Gasteiger partial charge < -0.3 is 14.2 Å². The van der Waals surface area contributed by atoms with Crippen molar-refractivity contribution in [1.82, 2.24) is 20.2 Å². The van der Waals surface area contributed by atoms with Crippen LogP contribution >= 0.6 is 11.6 Å². The van der Waals surface area contributed by atoms with E-state index in [1.807, 2.05) is 18.2 Å². The van der Waals surface area contributed by atoms with Crippen molar-refractivity contribution in [3.63, 3.8) is 0 Å². The zero-order chi connectivity index (χ0) is 19.7. The molecule has 1 aliphatic carbocycles. The molecule has 0 radical (unpaired) electrons. The lowest BCUT2D eigenvalue weighted by atomic mass is 10.0. The lowest BCUT2D eigenvalue weighted by Crippen LogP contribution is -2.02. The minimum Gasteiger partial charge on any atom is -0.480 e. The maximum absolute atomic E-state index is 6.01. The quantitative estimate of drug-likeness (QED) is 0.623. The Morgan fingerprint density at radius 2 is 1.68 bits per heavy atom. The summed E-state index contributed by atoms with van der Waals surface area (Å²) in [6.07, 6.45) is 2.63. The third-order valence-corrected chi connectivity index (χ3v) is 5.10. The molecular formula is C20H19ClN4O3. The molecule has 1 aromatic carbocycles. The highest BCUT2D eigenvalue weighted by atomic mass is 35.5. The maximum Gasteiger partial charge on any atom is 0.319 e. The van der Waals surface area contributed by atoms with E-state index in [1.165, 1.54) is 12.7 Å². The third kappa shape index (κ3) is 3.45. The Morgan fingerprint density at radius 1 is 0.929 bits per heavy atom. The molecule has 0 saturated heterocycles. The summed E-state index contributed by atoms with van der Waals surface area (Å²) >= 11 is 6.01. The van der Waals surface area contributed by atoms with Crippen LogP contribution in [-0.4, -0.2) is 41.5 Å². The number of hydrogen-bond donors (Lipinski definition) is 0. The van der Waals surface area contributed by atoms with Crippen molar-refractivity contribution >= 4 is 11.6 Å². The van der Waals surface area contributed by atoms with E-state index < -0.39 is 0 Å². The Morgan fingerprint density at radius 3 is 2.36 bits per heavy atom. The van der Waals surface area contributed by atoms with Gasteiger partial charge in [-0.3, -0.25) is 0 Å². The Kier molecular flexibility index (Phi) is 5.00. The summed E-state index contributed by atoms with van der Waals surface area (Å²) in [7, 11) is 4.65. The van der Waals surface area contributed by atoms with Gasteiger partial charge in [-0.25, -0.2) is 4.98 Å². The van der Waals surface area contributed by atoms with E-state index in [4.69, 9.17) is 25.8 Å². The molecule has 2 atom stereocenters. The summed E-state index contributed by atoms with van der Waals surface area (Å²) in [6, 6.07) is 10.2. The summed E-state index contributed by atoms with van der Waals surface area (Å²) in [5, 5.41) is 9.26. The summed E-state index contributed by atoms with van der Waals surface area (Å²) < 4.78 is 15.9. The molecule has 0 bridgehead atoms. The molecule has 28 heavy (non-hydrogen) atoms. The fourth-order valence-electron chi connectivity index (χ4n) is 3.35. The van der Waals surface area contributed by atoms with Gasteiger partial charge in [-0.15, -0.1) is 10.2 Å². The van der Waals surface area contributed by atoms with Crippen LogP contribution in [0, 0.1) is 0 Å². The molecular weight excluding hydrogens is 380 g/mol. The SMILES string of the molecule is COc1ncc(-c2cc(C3CC3c3ccc(Cl)cc3)c(OC)nn2)c(OC)n1. The van der Waals surface area contributed by atoms with Gasteiger partial charge in [-0.05, 0) is 42.0 Å². The number of methoxy groups -OCH3 is 3. The molecule has 4 rings (SSSR count). The van der Waals surface area contributed by atoms with E-state index in [0.717, 1.165) is 17.0 Å². The molecule has 2 heterocycles. The monoisotopic (exact) mass is 398 g/mol. The summed E-state index contributed by atoms with van der Waals surface area (Å²) in [5.41, 5.74) is 3.52. The molecule has 7 nitrogen and oxygen atoms in total. The molecule has 2 aromatic heterocycles. The number of ether oxygens (including phenoxy) is 3. The van der Waals surface area contributed by atoms with Gasteiger partial charge in [0.2, 0.25) is 11.8 Å². The summed E-state index contributed by atoms with van der Waals surface area (Å²) in [4.78, 5) is 8.38. The predicted molar refractivity (Wildman–Crippen MR) is 104 cm³/mol. The fourth-order valence-corrected chi connectivity index (χ4v) is 3.47. The van der Waals surface area contributed by atoms with Gasteiger partial charge in [0, 0.05) is 16.8 Å². The standard InChI is InChI=1S/C20H19ClN4O3/c1-26-18-16(10-22-20(23-18)28-3)17-9-15(19(27-2)25-24-17)14-8-13(14)11-4-6-12(21)7-5-11/h4-7,9-10,13-14H,8H2,1-3H3. The Balaban J connectivity index is 1.69. The summed E-state index contributed by atoms with van der Waals surface area (Å²) in [6.45, 7) is 0. The van der Waals surface area contributed by atoms with Gasteiger partial charge in [0.25, 0.3) is 0 Å². The first-order chi connectivity index (χ1) is 13.6. The number of hydrogen-bond acceptors (Lipinski definition) is 7. The number of benzene rings is 1. The molecule has 2 unspecified atom stereocenters. The van der Waals surface area contributed by atoms with Gasteiger partial charge in [0.15, 0.2) is 0 Å². The van der Waals surface area contributed by atoms with Crippen LogP contribution < -0.4 is 14.2 Å². The first kappa shape index (κ1) is 18.4. The molecule has 3 aromatic rings. The lowest BCUT2D eigenvalue weighted by molar-refractivity contribution is 0.353. The van der Waals surface area contributed by atoms with Crippen molar-refractivity contribution in [2.45, 2.75) is 18.3 Å². The van der Waals surface area contributed by atoms with Gasteiger partial charge in [0.1, 0.15) is 5.69 Å². The van der Waals surface area contributed by atoms with Crippen molar-refractivity contribution in [3.8, 4) is 29.0 Å². The molecule has 0 aliphatic heterocycles. The largest absolute Gasteiger partial charge is 0.480 e. The van der Waals surface area contributed by atoms with Gasteiger partial charge in [-0.1, -0.05) is 23.7 Å². The Bertz CT molecular complexity index is 997. The van der Waals surface area contributed by atoms with Crippen LogP contribution in [0.5, 0.6) is 17.8 Å². The van der Waals surface area contributed by atoms with E-state index in [9.17, 15) is 0 Å².